The highest BCUT2D eigenvalue weighted by atomic mass is 79.9. The first-order chi connectivity index (χ1) is 15.3. The number of imide groups is 1. The molecule has 3 rings (SSSR count). The molecular weight excluding hydrogens is 520 g/mol. The molecule has 0 bridgehead atoms. The van der Waals surface area contributed by atoms with Crippen molar-refractivity contribution in [1.29, 1.82) is 5.26 Å². The summed E-state index contributed by atoms with van der Waals surface area (Å²) in [5.41, 5.74) is 1.78. The van der Waals surface area contributed by atoms with Crippen LogP contribution in [0.5, 0.6) is 5.75 Å². The van der Waals surface area contributed by atoms with Crippen LogP contribution in [0, 0.1) is 11.3 Å². The summed E-state index contributed by atoms with van der Waals surface area (Å²) >= 11 is 10.5. The first-order valence-corrected chi connectivity index (χ1v) is 11.2. The van der Waals surface area contributed by atoms with Gasteiger partial charge in [0, 0.05) is 5.56 Å². The van der Waals surface area contributed by atoms with E-state index in [1.54, 1.807) is 30.3 Å². The lowest BCUT2D eigenvalue weighted by Crippen LogP contribution is -2.42. The lowest BCUT2D eigenvalue weighted by Gasteiger charge is -2.18. The van der Waals surface area contributed by atoms with Crippen LogP contribution in [-0.2, 0) is 20.9 Å². The molecule has 164 valence electrons. The van der Waals surface area contributed by atoms with Gasteiger partial charge in [0.25, 0.3) is 11.1 Å². The third-order valence-corrected chi connectivity index (χ3v) is 6.33. The van der Waals surface area contributed by atoms with Crippen LogP contribution in [0.1, 0.15) is 23.6 Å². The third-order valence-electron chi connectivity index (χ3n) is 4.58. The Morgan fingerprint density at radius 3 is 2.72 bits per heavy atom. The van der Waals surface area contributed by atoms with Gasteiger partial charge in [-0.25, -0.2) is 4.79 Å². The molecule has 1 aliphatic heterocycles. The third kappa shape index (κ3) is 4.99. The summed E-state index contributed by atoms with van der Waals surface area (Å²) in [6.07, 6.45) is 1.51. The lowest BCUT2D eigenvalue weighted by atomic mass is 10.1. The standard InChI is InChI=1S/C22H16BrClN2O5S/c1-12(21(28)30-2)26-20(27)18(32-22(26)29)9-13-7-16(23)19(17(24)8-13)31-11-15-6-4-3-5-14(15)10-25/h3-9,12H,11H2,1-2H3/b18-9+/t12-/m1/s1. The second-order valence-electron chi connectivity index (χ2n) is 6.62. The summed E-state index contributed by atoms with van der Waals surface area (Å²) in [6, 6.07) is 11.4. The van der Waals surface area contributed by atoms with E-state index in [1.807, 2.05) is 6.07 Å². The molecule has 2 aromatic rings. The second kappa shape index (κ2) is 10.2. The van der Waals surface area contributed by atoms with Crippen LogP contribution >= 0.6 is 39.3 Å². The monoisotopic (exact) mass is 534 g/mol. The minimum absolute atomic E-state index is 0.145. The van der Waals surface area contributed by atoms with E-state index in [-0.39, 0.29) is 16.5 Å². The van der Waals surface area contributed by atoms with E-state index in [0.717, 1.165) is 22.2 Å². The molecule has 1 heterocycles. The number of halogens is 2. The number of rotatable bonds is 6. The van der Waals surface area contributed by atoms with Gasteiger partial charge in [-0.15, -0.1) is 0 Å². The van der Waals surface area contributed by atoms with Gasteiger partial charge >= 0.3 is 5.97 Å². The Labute approximate surface area is 202 Å². The molecule has 1 saturated heterocycles. The van der Waals surface area contributed by atoms with Gasteiger partial charge in [0.05, 0.1) is 33.1 Å². The second-order valence-corrected chi connectivity index (χ2v) is 8.88. The molecule has 10 heteroatoms. The SMILES string of the molecule is COC(=O)[C@@H](C)N1C(=O)S/C(=C/c2cc(Cl)c(OCc3ccccc3C#N)c(Br)c2)C1=O. The molecule has 1 fully saturated rings. The fraction of sp³-hybridized carbons (Fsp3) is 0.182. The number of thioether (sulfide) groups is 1. The van der Waals surface area contributed by atoms with Crippen molar-refractivity contribution in [3.63, 3.8) is 0 Å². The number of carbonyl (C=O) groups excluding carboxylic acids is 3. The number of methoxy groups -OCH3 is 1. The van der Waals surface area contributed by atoms with Crippen molar-refractivity contribution >= 4 is 62.5 Å². The molecule has 0 aromatic heterocycles. The van der Waals surface area contributed by atoms with Gasteiger partial charge in [-0.3, -0.25) is 14.5 Å². The summed E-state index contributed by atoms with van der Waals surface area (Å²) in [5, 5.41) is 8.93. The summed E-state index contributed by atoms with van der Waals surface area (Å²) in [6.45, 7) is 1.57. The summed E-state index contributed by atoms with van der Waals surface area (Å²) in [5.74, 6) is -0.888. The van der Waals surface area contributed by atoms with Crippen molar-refractivity contribution in [2.75, 3.05) is 7.11 Å². The maximum Gasteiger partial charge on any atom is 0.328 e. The van der Waals surface area contributed by atoms with Crippen molar-refractivity contribution in [2.45, 2.75) is 19.6 Å². The lowest BCUT2D eigenvalue weighted by molar-refractivity contribution is -0.148. The zero-order valence-corrected chi connectivity index (χ0v) is 20.1. The van der Waals surface area contributed by atoms with Gasteiger partial charge in [0.2, 0.25) is 0 Å². The Balaban J connectivity index is 1.81. The highest BCUT2D eigenvalue weighted by Crippen LogP contribution is 2.38. The molecule has 0 aliphatic carbocycles. The Hall–Kier alpha value is -2.80. The molecule has 1 atom stereocenters. The van der Waals surface area contributed by atoms with E-state index in [2.05, 4.69) is 26.7 Å². The number of amides is 2. The van der Waals surface area contributed by atoms with E-state index in [1.165, 1.54) is 20.1 Å². The largest absolute Gasteiger partial charge is 0.486 e. The first-order valence-electron chi connectivity index (χ1n) is 9.21. The Bertz CT molecular complexity index is 1150. The molecule has 0 spiro atoms. The van der Waals surface area contributed by atoms with Crippen LogP contribution in [0.4, 0.5) is 4.79 Å². The van der Waals surface area contributed by atoms with Crippen molar-refractivity contribution in [2.24, 2.45) is 0 Å². The normalized spacial score (nSPS) is 15.6. The summed E-state index contributed by atoms with van der Waals surface area (Å²) in [7, 11) is 1.19. The number of hydrogen-bond acceptors (Lipinski definition) is 7. The summed E-state index contributed by atoms with van der Waals surface area (Å²) < 4.78 is 11.0. The van der Waals surface area contributed by atoms with Crippen LogP contribution < -0.4 is 4.74 Å². The Kier molecular flexibility index (Phi) is 7.61. The highest BCUT2D eigenvalue weighted by molar-refractivity contribution is 9.10. The molecule has 0 saturated carbocycles. The molecule has 2 amide bonds. The molecule has 32 heavy (non-hydrogen) atoms. The van der Waals surface area contributed by atoms with Crippen LogP contribution in [0.25, 0.3) is 6.08 Å². The quantitative estimate of drug-likeness (QED) is 0.373. The minimum Gasteiger partial charge on any atom is -0.486 e. The average Bonchev–Trinajstić information content (AvgIpc) is 3.04. The first kappa shape index (κ1) is 23.9. The zero-order chi connectivity index (χ0) is 23.4. The molecule has 7 nitrogen and oxygen atoms in total. The van der Waals surface area contributed by atoms with Gasteiger partial charge in [0.15, 0.2) is 5.75 Å². The van der Waals surface area contributed by atoms with Crippen LogP contribution in [0.15, 0.2) is 45.8 Å². The number of hydrogen-bond donors (Lipinski definition) is 0. The van der Waals surface area contributed by atoms with Crippen molar-refractivity contribution in [1.82, 2.24) is 4.90 Å². The number of nitriles is 1. The molecular formula is C22H16BrClN2O5S. The van der Waals surface area contributed by atoms with Crippen LogP contribution in [-0.4, -0.2) is 35.2 Å². The molecule has 1 aliphatic rings. The Morgan fingerprint density at radius 1 is 1.34 bits per heavy atom. The zero-order valence-electron chi connectivity index (χ0n) is 16.9. The van der Waals surface area contributed by atoms with Crippen molar-refractivity contribution in [3.05, 3.63) is 67.5 Å². The average molecular weight is 536 g/mol. The summed E-state index contributed by atoms with van der Waals surface area (Å²) in [4.78, 5) is 37.7. The van der Waals surface area contributed by atoms with Gasteiger partial charge in [-0.05, 0) is 64.5 Å². The van der Waals surface area contributed by atoms with Crippen LogP contribution in [0.3, 0.4) is 0 Å². The predicted molar refractivity (Wildman–Crippen MR) is 124 cm³/mol. The fourth-order valence-electron chi connectivity index (χ4n) is 2.95. The van der Waals surface area contributed by atoms with Crippen molar-refractivity contribution < 1.29 is 23.9 Å². The maximum atomic E-state index is 12.7. The van der Waals surface area contributed by atoms with Gasteiger partial charge in [-0.1, -0.05) is 29.8 Å². The van der Waals surface area contributed by atoms with Gasteiger partial charge in [0.1, 0.15) is 12.6 Å². The Morgan fingerprint density at radius 2 is 2.06 bits per heavy atom. The topological polar surface area (TPSA) is 96.7 Å². The smallest absolute Gasteiger partial charge is 0.328 e. The van der Waals surface area contributed by atoms with E-state index in [4.69, 9.17) is 16.3 Å². The van der Waals surface area contributed by atoms with Crippen molar-refractivity contribution in [3.8, 4) is 11.8 Å². The number of ether oxygens (including phenoxy) is 2. The molecule has 0 radical (unpaired) electrons. The molecule has 0 unspecified atom stereocenters. The van der Waals surface area contributed by atoms with E-state index < -0.39 is 23.2 Å². The van der Waals surface area contributed by atoms with Gasteiger partial charge in [-0.2, -0.15) is 5.26 Å². The highest BCUT2D eigenvalue weighted by Gasteiger charge is 2.41. The van der Waals surface area contributed by atoms with E-state index >= 15 is 0 Å². The number of esters is 1. The number of carbonyl (C=O) groups is 3. The predicted octanol–water partition coefficient (Wildman–Crippen LogP) is 5.15. The van der Waals surface area contributed by atoms with Gasteiger partial charge < -0.3 is 9.47 Å². The van der Waals surface area contributed by atoms with E-state index in [0.29, 0.717) is 21.3 Å². The fourth-order valence-corrected chi connectivity index (χ4v) is 4.84. The molecule has 2 aromatic carbocycles. The van der Waals surface area contributed by atoms with Crippen LogP contribution in [0.2, 0.25) is 5.02 Å². The van der Waals surface area contributed by atoms with E-state index in [9.17, 15) is 19.6 Å². The number of benzene rings is 2. The molecule has 0 N–H and O–H groups in total. The number of nitrogens with zero attached hydrogens (tertiary/aromatic N) is 2. The maximum absolute atomic E-state index is 12.7. The minimum atomic E-state index is -1.03.